The van der Waals surface area contributed by atoms with Crippen LogP contribution < -0.4 is 4.73 Å². The predicted molar refractivity (Wildman–Crippen MR) is 44.4 cm³/mol. The molecular formula is C9H12NO3+. The van der Waals surface area contributed by atoms with Crippen LogP contribution in [0.4, 0.5) is 0 Å². The van der Waals surface area contributed by atoms with Crippen LogP contribution in [0, 0.1) is 0 Å². The maximum absolute atomic E-state index is 11.3. The van der Waals surface area contributed by atoms with E-state index in [4.69, 9.17) is 9.94 Å². The lowest BCUT2D eigenvalue weighted by atomic mass is 10.3. The molecule has 1 rings (SSSR count). The first-order valence-electron chi connectivity index (χ1n) is 4.01. The Hall–Kier alpha value is -1.58. The van der Waals surface area contributed by atoms with E-state index in [9.17, 15) is 4.79 Å². The zero-order valence-electron chi connectivity index (χ0n) is 7.60. The highest BCUT2D eigenvalue weighted by Crippen LogP contribution is 2.00. The molecule has 0 aliphatic heterocycles. The second-order valence-corrected chi connectivity index (χ2v) is 2.92. The fourth-order valence-corrected chi connectivity index (χ4v) is 0.837. The molecule has 0 saturated heterocycles. The number of hydrogen-bond acceptors (Lipinski definition) is 3. The van der Waals surface area contributed by atoms with Crippen LogP contribution in [-0.4, -0.2) is 17.3 Å². The smallest absolute Gasteiger partial charge is 0.338 e. The molecule has 1 aromatic rings. The third kappa shape index (κ3) is 2.74. The molecule has 4 heteroatoms. The third-order valence-electron chi connectivity index (χ3n) is 1.39. The van der Waals surface area contributed by atoms with Gasteiger partial charge in [0.15, 0.2) is 0 Å². The standard InChI is InChI=1S/C9H12NO3/c1-7(2)13-9(11)8-3-5-10(12)6-4-8/h3-7,12H,1-2H3/q+1. The summed E-state index contributed by atoms with van der Waals surface area (Å²) in [6, 6.07) is 2.98. The summed E-state index contributed by atoms with van der Waals surface area (Å²) in [6.45, 7) is 3.57. The molecule has 0 aliphatic rings. The van der Waals surface area contributed by atoms with Crippen molar-refractivity contribution in [2.45, 2.75) is 20.0 Å². The van der Waals surface area contributed by atoms with Crippen molar-refractivity contribution in [3.63, 3.8) is 0 Å². The van der Waals surface area contributed by atoms with Gasteiger partial charge in [0, 0.05) is 16.9 Å². The average molecular weight is 182 g/mol. The van der Waals surface area contributed by atoms with Crippen LogP contribution in [0.2, 0.25) is 0 Å². The van der Waals surface area contributed by atoms with E-state index in [-0.39, 0.29) is 12.1 Å². The van der Waals surface area contributed by atoms with E-state index in [1.165, 1.54) is 24.5 Å². The summed E-state index contributed by atoms with van der Waals surface area (Å²) in [5.41, 5.74) is 0.430. The highest BCUT2D eigenvalue weighted by molar-refractivity contribution is 5.89. The Morgan fingerprint density at radius 3 is 2.46 bits per heavy atom. The molecule has 0 aliphatic carbocycles. The maximum atomic E-state index is 11.3. The number of carbonyl (C=O) groups excluding carboxylic acids is 1. The van der Waals surface area contributed by atoms with Crippen molar-refractivity contribution in [1.29, 1.82) is 0 Å². The Balaban J connectivity index is 2.72. The zero-order valence-corrected chi connectivity index (χ0v) is 7.60. The first kappa shape index (κ1) is 9.51. The zero-order chi connectivity index (χ0) is 9.84. The van der Waals surface area contributed by atoms with Gasteiger partial charge < -0.3 is 4.74 Å². The molecule has 0 bridgehead atoms. The van der Waals surface area contributed by atoms with Gasteiger partial charge in [-0.05, 0) is 13.8 Å². The van der Waals surface area contributed by atoms with E-state index in [0.29, 0.717) is 5.56 Å². The summed E-state index contributed by atoms with van der Waals surface area (Å²) in [5, 5.41) is 8.88. The Kier molecular flexibility index (Phi) is 2.84. The molecule has 1 heterocycles. The first-order chi connectivity index (χ1) is 6.09. The van der Waals surface area contributed by atoms with Crippen LogP contribution in [0.1, 0.15) is 24.2 Å². The Morgan fingerprint density at radius 1 is 1.46 bits per heavy atom. The van der Waals surface area contributed by atoms with Gasteiger partial charge in [-0.25, -0.2) is 4.79 Å². The molecule has 70 valence electrons. The average Bonchev–Trinajstić information content (AvgIpc) is 2.04. The van der Waals surface area contributed by atoms with Gasteiger partial charge in [-0.15, -0.1) is 0 Å². The number of pyridine rings is 1. The largest absolute Gasteiger partial charge is 0.459 e. The van der Waals surface area contributed by atoms with Crippen LogP contribution in [0.3, 0.4) is 0 Å². The minimum Gasteiger partial charge on any atom is -0.459 e. The highest BCUT2D eigenvalue weighted by Gasteiger charge is 2.10. The van der Waals surface area contributed by atoms with Crippen molar-refractivity contribution in [2.24, 2.45) is 0 Å². The van der Waals surface area contributed by atoms with Crippen molar-refractivity contribution in [3.8, 4) is 0 Å². The molecule has 0 spiro atoms. The van der Waals surface area contributed by atoms with Gasteiger partial charge in [-0.2, -0.15) is 0 Å². The van der Waals surface area contributed by atoms with Crippen LogP contribution in [-0.2, 0) is 4.74 Å². The van der Waals surface area contributed by atoms with Crippen LogP contribution >= 0.6 is 0 Å². The van der Waals surface area contributed by atoms with Crippen molar-refractivity contribution in [1.82, 2.24) is 0 Å². The Labute approximate surface area is 76.3 Å². The molecule has 0 amide bonds. The maximum Gasteiger partial charge on any atom is 0.338 e. The highest BCUT2D eigenvalue weighted by atomic mass is 16.5. The summed E-state index contributed by atoms with van der Waals surface area (Å²) in [7, 11) is 0. The van der Waals surface area contributed by atoms with Gasteiger partial charge in [0.1, 0.15) is 0 Å². The monoisotopic (exact) mass is 182 g/mol. The van der Waals surface area contributed by atoms with Gasteiger partial charge in [0.05, 0.1) is 11.7 Å². The first-order valence-corrected chi connectivity index (χ1v) is 4.01. The van der Waals surface area contributed by atoms with Crippen molar-refractivity contribution >= 4 is 5.97 Å². The number of carbonyl (C=O) groups is 1. The van der Waals surface area contributed by atoms with Gasteiger partial charge in [0.25, 0.3) is 0 Å². The van der Waals surface area contributed by atoms with E-state index >= 15 is 0 Å². The van der Waals surface area contributed by atoms with Crippen molar-refractivity contribution in [2.75, 3.05) is 0 Å². The van der Waals surface area contributed by atoms with Gasteiger partial charge in [0.2, 0.25) is 12.4 Å². The summed E-state index contributed by atoms with van der Waals surface area (Å²) in [5.74, 6) is -0.379. The van der Waals surface area contributed by atoms with E-state index in [0.717, 1.165) is 4.73 Å². The molecule has 1 N–H and O–H groups in total. The topological polar surface area (TPSA) is 50.4 Å². The molecule has 0 fully saturated rings. The summed E-state index contributed by atoms with van der Waals surface area (Å²) < 4.78 is 5.81. The van der Waals surface area contributed by atoms with E-state index in [1.807, 2.05) is 0 Å². The summed E-state index contributed by atoms with van der Waals surface area (Å²) in [4.78, 5) is 11.3. The minimum absolute atomic E-state index is 0.131. The summed E-state index contributed by atoms with van der Waals surface area (Å²) in [6.07, 6.45) is 2.61. The number of rotatable bonds is 2. The van der Waals surface area contributed by atoms with E-state index in [1.54, 1.807) is 13.8 Å². The Bertz CT molecular complexity index is 292. The molecule has 0 saturated carbocycles. The van der Waals surface area contributed by atoms with Crippen molar-refractivity contribution < 1.29 is 19.5 Å². The van der Waals surface area contributed by atoms with Crippen molar-refractivity contribution in [3.05, 3.63) is 30.1 Å². The molecule has 0 radical (unpaired) electrons. The molecule has 1 aromatic heterocycles. The number of aromatic nitrogens is 1. The second-order valence-electron chi connectivity index (χ2n) is 2.92. The molecule has 13 heavy (non-hydrogen) atoms. The lowest BCUT2D eigenvalue weighted by molar-refractivity contribution is -0.904. The molecule has 0 atom stereocenters. The molecule has 0 aromatic carbocycles. The third-order valence-corrected chi connectivity index (χ3v) is 1.39. The quantitative estimate of drug-likeness (QED) is 0.417. The number of hydrogen-bond donors (Lipinski definition) is 1. The fourth-order valence-electron chi connectivity index (χ4n) is 0.837. The Morgan fingerprint density at radius 2 is 2.00 bits per heavy atom. The second kappa shape index (κ2) is 3.89. The van der Waals surface area contributed by atoms with E-state index < -0.39 is 0 Å². The van der Waals surface area contributed by atoms with Gasteiger partial charge >= 0.3 is 5.97 Å². The number of nitrogens with zero attached hydrogens (tertiary/aromatic N) is 1. The summed E-state index contributed by atoms with van der Waals surface area (Å²) >= 11 is 0. The lowest BCUT2D eigenvalue weighted by Crippen LogP contribution is -2.28. The fraction of sp³-hybridized carbons (Fsp3) is 0.333. The van der Waals surface area contributed by atoms with Gasteiger partial charge in [-0.1, -0.05) is 0 Å². The lowest BCUT2D eigenvalue weighted by Gasteiger charge is -2.06. The predicted octanol–water partition coefficient (Wildman–Crippen LogP) is 0.777. The van der Waals surface area contributed by atoms with Gasteiger partial charge in [-0.3, -0.25) is 5.21 Å². The minimum atomic E-state index is -0.379. The molecule has 0 unspecified atom stereocenters. The van der Waals surface area contributed by atoms with Crippen LogP contribution in [0.25, 0.3) is 0 Å². The SMILES string of the molecule is CC(C)OC(=O)c1cc[n+](O)cc1. The number of ether oxygens (including phenoxy) is 1. The van der Waals surface area contributed by atoms with Crippen LogP contribution in [0.5, 0.6) is 0 Å². The number of esters is 1. The van der Waals surface area contributed by atoms with E-state index in [2.05, 4.69) is 0 Å². The molecule has 4 nitrogen and oxygen atoms in total. The molecular weight excluding hydrogens is 170 g/mol. The van der Waals surface area contributed by atoms with Crippen LogP contribution in [0.15, 0.2) is 24.5 Å². The normalized spacial score (nSPS) is 10.1.